The van der Waals surface area contributed by atoms with Gasteiger partial charge in [-0.15, -0.1) is 15.5 Å². The summed E-state index contributed by atoms with van der Waals surface area (Å²) in [6, 6.07) is 0. The first-order valence-corrected chi connectivity index (χ1v) is 5.41. The first kappa shape index (κ1) is 10.8. The maximum atomic E-state index is 11.9. The van der Waals surface area contributed by atoms with Gasteiger partial charge < -0.3 is 0 Å². The molecule has 0 N–H and O–H groups in total. The van der Waals surface area contributed by atoms with Crippen molar-refractivity contribution in [3.63, 3.8) is 0 Å². The molecule has 0 amide bonds. The van der Waals surface area contributed by atoms with Crippen molar-refractivity contribution >= 4 is 24.6 Å². The molecule has 0 aliphatic carbocycles. The molecule has 1 fully saturated rings. The fraction of sp³-hybridized carbons (Fsp3) is 0.500. The van der Waals surface area contributed by atoms with Crippen LogP contribution in [0.15, 0.2) is 0 Å². The molecule has 0 unspecified atom stereocenters. The third kappa shape index (κ3) is 1.67. The molecule has 0 saturated carbocycles. The minimum absolute atomic E-state index is 2.59. The second kappa shape index (κ2) is 2.03. The summed E-state index contributed by atoms with van der Waals surface area (Å²) in [4.78, 5) is 0. The van der Waals surface area contributed by atoms with Crippen LogP contribution in [0, 0.1) is 0 Å². The van der Waals surface area contributed by atoms with Crippen molar-refractivity contribution in [2.24, 2.45) is 0 Å². The molecular weight excluding hydrogens is 250 g/mol. The van der Waals surface area contributed by atoms with Crippen LogP contribution in [0.2, 0.25) is 0 Å². The lowest BCUT2D eigenvalue weighted by Crippen LogP contribution is -2.52. The van der Waals surface area contributed by atoms with Gasteiger partial charge in [0.2, 0.25) is 0 Å². The van der Waals surface area contributed by atoms with E-state index in [0.29, 0.717) is 0 Å². The second-order valence-electron chi connectivity index (χ2n) is 2.00. The number of halogens is 6. The second-order valence-corrected chi connectivity index (χ2v) is 5.47. The largest absolute Gasteiger partial charge is 0.423 e. The summed E-state index contributed by atoms with van der Waals surface area (Å²) in [7, 11) is -14.3. The van der Waals surface area contributed by atoms with Crippen molar-refractivity contribution in [2.45, 2.75) is 6.11 Å². The van der Waals surface area contributed by atoms with Crippen molar-refractivity contribution in [3.8, 4) is 0 Å². The Hall–Kier alpha value is -0.290. The summed E-state index contributed by atoms with van der Waals surface area (Å²) >= 11 is 0. The first-order chi connectivity index (χ1) is 5.33. The third-order valence-electron chi connectivity index (χ3n) is 0.959. The summed E-state index contributed by atoms with van der Waals surface area (Å²) in [5, 5.41) is 0. The lowest BCUT2D eigenvalue weighted by molar-refractivity contribution is -0.119. The Morgan fingerprint density at radius 1 is 1.15 bits per heavy atom. The highest BCUT2D eigenvalue weighted by atomic mass is 32.4. The molecule has 13 heavy (non-hydrogen) atoms. The van der Waals surface area contributed by atoms with Crippen LogP contribution in [0.3, 0.4) is 0 Å². The minimum atomic E-state index is -8.71. The van der Waals surface area contributed by atoms with Crippen molar-refractivity contribution in [1.82, 2.24) is 0 Å². The molecule has 0 bridgehead atoms. The van der Waals surface area contributed by atoms with Gasteiger partial charge in [0.05, 0.1) is 0 Å². The van der Waals surface area contributed by atoms with Crippen LogP contribution in [0.5, 0.6) is 0 Å². The smallest absolute Gasteiger partial charge is 0.193 e. The lowest BCUT2D eigenvalue weighted by atomic mass is 10.7. The van der Waals surface area contributed by atoms with Gasteiger partial charge in [-0.1, -0.05) is 0 Å². The molecule has 1 saturated heterocycles. The minimum Gasteiger partial charge on any atom is -0.193 e. The summed E-state index contributed by atoms with van der Waals surface area (Å²) in [6.07, 6.45) is -5.10. The predicted octanol–water partition coefficient (Wildman–Crippen LogP) is 1.95. The zero-order chi connectivity index (χ0) is 10.7. The number of rotatable bonds is 0. The molecule has 0 spiro atoms. The van der Waals surface area contributed by atoms with Crippen molar-refractivity contribution < 1.29 is 36.9 Å². The Morgan fingerprint density at radius 2 is 1.54 bits per heavy atom. The van der Waals surface area contributed by atoms with E-state index in [1.165, 1.54) is 0 Å². The van der Waals surface area contributed by atoms with E-state index in [1.807, 2.05) is 0 Å². The van der Waals surface area contributed by atoms with E-state index in [0.717, 1.165) is 0 Å². The molecule has 0 aromatic carbocycles. The molecule has 1 aliphatic rings. The van der Waals surface area contributed by atoms with Gasteiger partial charge in [-0.05, 0) is 0 Å². The molecule has 0 atom stereocenters. The molecule has 1 heterocycles. The Balaban J connectivity index is 3.61. The Bertz CT molecular complexity index is 403. The maximum absolute atomic E-state index is 11.9. The zero-order valence-corrected chi connectivity index (χ0v) is 6.94. The van der Waals surface area contributed by atoms with E-state index in [9.17, 15) is 32.7 Å². The van der Waals surface area contributed by atoms with Crippen molar-refractivity contribution in [3.05, 3.63) is 0 Å². The van der Waals surface area contributed by atoms with E-state index in [4.69, 9.17) is 0 Å². The van der Waals surface area contributed by atoms with Crippen molar-refractivity contribution in [1.29, 1.82) is 0 Å². The highest BCUT2D eigenvalue weighted by molar-refractivity contribution is 8.41. The van der Waals surface area contributed by atoms with Gasteiger partial charge in [-0.25, -0.2) is 0 Å². The Kier molecular flexibility index (Phi) is 1.69. The molecule has 80 valence electrons. The monoisotopic (exact) mass is 250 g/mol. The predicted molar refractivity (Wildman–Crippen MR) is 32.0 cm³/mol. The Labute approximate surface area is 68.5 Å². The fourth-order valence-corrected chi connectivity index (χ4v) is 3.10. The standard InChI is InChI=1S/C2F6O3S2/c3-2(4)1(12(9,10)11-2)13(5,6,7)8. The molecule has 3 nitrogen and oxygen atoms in total. The molecule has 0 aromatic rings. The average molecular weight is 250 g/mol. The lowest BCUT2D eigenvalue weighted by Gasteiger charge is -2.31. The highest BCUT2D eigenvalue weighted by Gasteiger charge is 2.69. The topological polar surface area (TPSA) is 43.4 Å². The molecule has 0 aromatic heterocycles. The molecule has 0 radical (unpaired) electrons. The van der Waals surface area contributed by atoms with Crippen LogP contribution in [0.4, 0.5) is 24.3 Å². The van der Waals surface area contributed by atoms with Gasteiger partial charge in [0, 0.05) is 0 Å². The van der Waals surface area contributed by atoms with Gasteiger partial charge in [-0.2, -0.15) is 21.4 Å². The average Bonchev–Trinajstić information content (AvgIpc) is 1.44. The first-order valence-electron chi connectivity index (χ1n) is 2.36. The zero-order valence-electron chi connectivity index (χ0n) is 5.31. The fourth-order valence-electron chi connectivity index (χ4n) is 0.655. The summed E-state index contributed by atoms with van der Waals surface area (Å²) in [5.41, 5.74) is 0. The van der Waals surface area contributed by atoms with Crippen LogP contribution < -0.4 is 0 Å². The summed E-state index contributed by atoms with van der Waals surface area (Å²) in [5.74, 6) is 0. The van der Waals surface area contributed by atoms with E-state index in [1.54, 1.807) is 0 Å². The highest BCUT2D eigenvalue weighted by Crippen LogP contribution is 2.71. The van der Waals surface area contributed by atoms with Crippen LogP contribution in [-0.2, 0) is 14.3 Å². The quantitative estimate of drug-likeness (QED) is 0.375. The van der Waals surface area contributed by atoms with Crippen LogP contribution in [0.1, 0.15) is 0 Å². The van der Waals surface area contributed by atoms with E-state index in [-0.39, 0.29) is 0 Å². The molecule has 1 aliphatic heterocycles. The van der Waals surface area contributed by atoms with Crippen LogP contribution in [-0.4, -0.2) is 18.7 Å². The molecular formula is C2F6O3S2. The third-order valence-corrected chi connectivity index (χ3v) is 4.25. The summed E-state index contributed by atoms with van der Waals surface area (Å²) in [6.45, 7) is 0. The number of alkyl halides is 2. The van der Waals surface area contributed by atoms with E-state index >= 15 is 0 Å². The van der Waals surface area contributed by atoms with Gasteiger partial charge in [0.1, 0.15) is 0 Å². The van der Waals surface area contributed by atoms with Crippen LogP contribution in [0.25, 0.3) is 0 Å². The summed E-state index contributed by atoms with van der Waals surface area (Å²) < 4.78 is 89.5. The van der Waals surface area contributed by atoms with E-state index in [2.05, 4.69) is 4.18 Å². The van der Waals surface area contributed by atoms with Gasteiger partial charge >= 0.3 is 16.2 Å². The molecule has 11 heteroatoms. The van der Waals surface area contributed by atoms with Crippen molar-refractivity contribution in [2.75, 3.05) is 0 Å². The number of hydrogen-bond acceptors (Lipinski definition) is 3. The Morgan fingerprint density at radius 3 is 1.62 bits per heavy atom. The van der Waals surface area contributed by atoms with E-state index < -0.39 is 30.7 Å². The maximum Gasteiger partial charge on any atom is 0.423 e. The molecule has 1 rings (SSSR count). The normalized spacial score (nSPS) is 28.8. The van der Waals surface area contributed by atoms with Crippen LogP contribution >= 0.6 is 10.3 Å². The van der Waals surface area contributed by atoms with Gasteiger partial charge in [0.25, 0.3) is 14.5 Å². The van der Waals surface area contributed by atoms with Gasteiger partial charge in [-0.3, -0.25) is 0 Å². The number of hydrogen-bond donors (Lipinski definition) is 0. The van der Waals surface area contributed by atoms with Gasteiger partial charge in [0.15, 0.2) is 0 Å². The SMILES string of the molecule is O=S1(=O)OC(F)(F)C1=S(F)(F)(F)F.